The number of benzene rings is 1. The Balaban J connectivity index is 1.31. The molecular weight excluding hydrogens is 354 g/mol. The third kappa shape index (κ3) is 3.68. The summed E-state index contributed by atoms with van der Waals surface area (Å²) in [6.07, 6.45) is 5.54. The third-order valence-corrected chi connectivity index (χ3v) is 6.14. The minimum absolute atomic E-state index is 0.116. The Morgan fingerprint density at radius 3 is 2.39 bits per heavy atom. The van der Waals surface area contributed by atoms with E-state index in [1.54, 1.807) is 10.9 Å². The summed E-state index contributed by atoms with van der Waals surface area (Å²) >= 11 is 0. The molecule has 28 heavy (non-hydrogen) atoms. The molecule has 1 aromatic carbocycles. The molecule has 0 bridgehead atoms. The zero-order chi connectivity index (χ0) is 19.8. The largest absolute Gasteiger partial charge is 0.478 e. The lowest BCUT2D eigenvalue weighted by Crippen LogP contribution is -2.40. The van der Waals surface area contributed by atoms with Crippen LogP contribution in [0.3, 0.4) is 0 Å². The first kappa shape index (κ1) is 18.7. The number of aromatic carboxylic acids is 1. The standard InChI is InChI=1S/C22H27N3O3/c1-14(2)15-3-5-16(6-4-15)19-11-20(19)21(26)24-9-7-18(8-10-24)25-13-17(12-23-25)22(27)28/h3-6,12-14,18-20H,7-11H2,1-2H3,(H,27,28). The summed E-state index contributed by atoms with van der Waals surface area (Å²) in [5.41, 5.74) is 2.82. The highest BCUT2D eigenvalue weighted by atomic mass is 16.4. The van der Waals surface area contributed by atoms with E-state index in [-0.39, 0.29) is 23.4 Å². The zero-order valence-electron chi connectivity index (χ0n) is 16.4. The van der Waals surface area contributed by atoms with Crippen LogP contribution in [0.1, 0.15) is 72.5 Å². The maximum Gasteiger partial charge on any atom is 0.338 e. The molecule has 6 nitrogen and oxygen atoms in total. The predicted octanol–water partition coefficient (Wildman–Crippen LogP) is 3.67. The second-order valence-corrected chi connectivity index (χ2v) is 8.34. The van der Waals surface area contributed by atoms with Crippen LogP contribution in [-0.2, 0) is 4.79 Å². The lowest BCUT2D eigenvalue weighted by Gasteiger charge is -2.32. The summed E-state index contributed by atoms with van der Waals surface area (Å²) in [7, 11) is 0. The Labute approximate surface area is 165 Å². The molecule has 1 amide bonds. The number of carboxylic acid groups (broad SMARTS) is 1. The first-order valence-corrected chi connectivity index (χ1v) is 10.1. The number of likely N-dealkylation sites (tertiary alicyclic amines) is 1. The molecule has 1 saturated heterocycles. The molecule has 2 aliphatic rings. The number of rotatable bonds is 5. The number of amides is 1. The van der Waals surface area contributed by atoms with Gasteiger partial charge in [-0.05, 0) is 42.2 Å². The number of aromatic nitrogens is 2. The van der Waals surface area contributed by atoms with E-state index in [1.807, 2.05) is 4.90 Å². The quantitative estimate of drug-likeness (QED) is 0.857. The van der Waals surface area contributed by atoms with Crippen LogP contribution in [0.5, 0.6) is 0 Å². The van der Waals surface area contributed by atoms with Crippen molar-refractivity contribution in [3.8, 4) is 0 Å². The van der Waals surface area contributed by atoms with Gasteiger partial charge in [0.25, 0.3) is 0 Å². The Bertz CT molecular complexity index is 863. The van der Waals surface area contributed by atoms with Crippen LogP contribution in [0.15, 0.2) is 36.7 Å². The Hall–Kier alpha value is -2.63. The van der Waals surface area contributed by atoms with E-state index in [2.05, 4.69) is 43.2 Å². The van der Waals surface area contributed by atoms with Gasteiger partial charge in [-0.1, -0.05) is 38.1 Å². The van der Waals surface area contributed by atoms with Gasteiger partial charge in [0.2, 0.25) is 5.91 Å². The van der Waals surface area contributed by atoms with E-state index in [0.29, 0.717) is 24.9 Å². The number of carboxylic acids is 1. The molecule has 1 aliphatic carbocycles. The molecule has 4 rings (SSSR count). The molecule has 2 heterocycles. The summed E-state index contributed by atoms with van der Waals surface area (Å²) in [6, 6.07) is 8.88. The third-order valence-electron chi connectivity index (χ3n) is 6.14. The molecule has 2 unspecified atom stereocenters. The highest BCUT2D eigenvalue weighted by Gasteiger charge is 2.46. The van der Waals surface area contributed by atoms with Crippen LogP contribution in [0.25, 0.3) is 0 Å². The molecule has 1 aliphatic heterocycles. The summed E-state index contributed by atoms with van der Waals surface area (Å²) in [6.45, 7) is 5.80. The molecule has 6 heteroatoms. The molecule has 148 valence electrons. The van der Waals surface area contributed by atoms with Gasteiger partial charge >= 0.3 is 5.97 Å². The first-order chi connectivity index (χ1) is 13.4. The number of hydrogen-bond acceptors (Lipinski definition) is 3. The van der Waals surface area contributed by atoms with Gasteiger partial charge in [-0.15, -0.1) is 0 Å². The fourth-order valence-electron chi connectivity index (χ4n) is 4.20. The van der Waals surface area contributed by atoms with Gasteiger partial charge in [-0.3, -0.25) is 9.48 Å². The van der Waals surface area contributed by atoms with Crippen LogP contribution in [0, 0.1) is 5.92 Å². The highest BCUT2D eigenvalue weighted by molar-refractivity contribution is 5.86. The highest BCUT2D eigenvalue weighted by Crippen LogP contribution is 2.49. The number of piperidine rings is 1. The van der Waals surface area contributed by atoms with Crippen molar-refractivity contribution in [1.82, 2.24) is 14.7 Å². The predicted molar refractivity (Wildman–Crippen MR) is 105 cm³/mol. The van der Waals surface area contributed by atoms with Gasteiger partial charge in [0.15, 0.2) is 0 Å². The fourth-order valence-corrected chi connectivity index (χ4v) is 4.20. The van der Waals surface area contributed by atoms with Crippen LogP contribution in [0.4, 0.5) is 0 Å². The van der Waals surface area contributed by atoms with E-state index in [1.165, 1.54) is 17.3 Å². The first-order valence-electron chi connectivity index (χ1n) is 10.1. The van der Waals surface area contributed by atoms with Crippen molar-refractivity contribution in [3.05, 3.63) is 53.3 Å². The van der Waals surface area contributed by atoms with Crippen molar-refractivity contribution < 1.29 is 14.7 Å². The normalized spacial score (nSPS) is 22.5. The average Bonchev–Trinajstić information content (AvgIpc) is 3.34. The summed E-state index contributed by atoms with van der Waals surface area (Å²) in [5.74, 6) is 0.303. The smallest absolute Gasteiger partial charge is 0.338 e. The molecule has 2 aromatic rings. The van der Waals surface area contributed by atoms with E-state index in [9.17, 15) is 9.59 Å². The lowest BCUT2D eigenvalue weighted by molar-refractivity contribution is -0.134. The van der Waals surface area contributed by atoms with Crippen LogP contribution in [-0.4, -0.2) is 44.8 Å². The molecule has 2 fully saturated rings. The minimum atomic E-state index is -0.958. The minimum Gasteiger partial charge on any atom is -0.478 e. The van der Waals surface area contributed by atoms with E-state index >= 15 is 0 Å². The zero-order valence-corrected chi connectivity index (χ0v) is 16.4. The topological polar surface area (TPSA) is 75.4 Å². The molecule has 1 saturated carbocycles. The number of carbonyl (C=O) groups excluding carboxylic acids is 1. The average molecular weight is 381 g/mol. The monoisotopic (exact) mass is 381 g/mol. The van der Waals surface area contributed by atoms with Crippen molar-refractivity contribution in [2.24, 2.45) is 5.92 Å². The van der Waals surface area contributed by atoms with Gasteiger partial charge in [0.1, 0.15) is 0 Å². The fraction of sp³-hybridized carbons (Fsp3) is 0.500. The maximum absolute atomic E-state index is 12.9. The van der Waals surface area contributed by atoms with E-state index < -0.39 is 5.97 Å². The number of carbonyl (C=O) groups is 2. The number of nitrogens with zero attached hydrogens (tertiary/aromatic N) is 3. The molecular formula is C22H27N3O3. The van der Waals surface area contributed by atoms with Crippen LogP contribution < -0.4 is 0 Å². The second kappa shape index (κ2) is 7.41. The second-order valence-electron chi connectivity index (χ2n) is 8.34. The van der Waals surface area contributed by atoms with Gasteiger partial charge in [-0.25, -0.2) is 4.79 Å². The summed E-state index contributed by atoms with van der Waals surface area (Å²) in [4.78, 5) is 25.9. The molecule has 0 radical (unpaired) electrons. The van der Waals surface area contributed by atoms with Crippen molar-refractivity contribution in [2.45, 2.75) is 51.0 Å². The summed E-state index contributed by atoms with van der Waals surface area (Å²) < 4.78 is 1.74. The summed E-state index contributed by atoms with van der Waals surface area (Å²) in [5, 5.41) is 13.2. The molecule has 1 aromatic heterocycles. The SMILES string of the molecule is CC(C)c1ccc(C2CC2C(=O)N2CCC(n3cc(C(=O)O)cn3)CC2)cc1. The Morgan fingerprint density at radius 2 is 1.82 bits per heavy atom. The van der Waals surface area contributed by atoms with Gasteiger partial charge < -0.3 is 10.0 Å². The van der Waals surface area contributed by atoms with Crippen molar-refractivity contribution in [1.29, 1.82) is 0 Å². The van der Waals surface area contributed by atoms with Gasteiger partial charge in [-0.2, -0.15) is 5.10 Å². The Kier molecular flexibility index (Phi) is 4.96. The van der Waals surface area contributed by atoms with Crippen molar-refractivity contribution >= 4 is 11.9 Å². The van der Waals surface area contributed by atoms with Crippen molar-refractivity contribution in [2.75, 3.05) is 13.1 Å². The van der Waals surface area contributed by atoms with E-state index in [0.717, 1.165) is 19.3 Å². The van der Waals surface area contributed by atoms with Crippen LogP contribution >= 0.6 is 0 Å². The molecule has 1 N–H and O–H groups in total. The lowest BCUT2D eigenvalue weighted by atomic mass is 9.99. The van der Waals surface area contributed by atoms with E-state index in [4.69, 9.17) is 5.11 Å². The maximum atomic E-state index is 12.9. The molecule has 2 atom stereocenters. The Morgan fingerprint density at radius 1 is 1.14 bits per heavy atom. The number of hydrogen-bond donors (Lipinski definition) is 1. The van der Waals surface area contributed by atoms with Crippen LogP contribution in [0.2, 0.25) is 0 Å². The molecule has 0 spiro atoms. The van der Waals surface area contributed by atoms with Gasteiger partial charge in [0, 0.05) is 25.2 Å². The van der Waals surface area contributed by atoms with Crippen molar-refractivity contribution in [3.63, 3.8) is 0 Å². The van der Waals surface area contributed by atoms with Gasteiger partial charge in [0.05, 0.1) is 17.8 Å².